The molecule has 0 atom stereocenters. The van der Waals surface area contributed by atoms with E-state index >= 15 is 0 Å². The Balaban J connectivity index is 2.34. The van der Waals surface area contributed by atoms with E-state index in [0.717, 1.165) is 10.7 Å². The predicted octanol–water partition coefficient (Wildman–Crippen LogP) is -0.176. The van der Waals surface area contributed by atoms with Crippen LogP contribution in [-0.4, -0.2) is 36.3 Å². The Morgan fingerprint density at radius 1 is 1.56 bits per heavy atom. The monoisotopic (exact) mass is 223 g/mol. The highest BCUT2D eigenvalue weighted by molar-refractivity contribution is 5.70. The molecular weight excluding hydrogens is 217 g/mol. The Bertz CT molecular complexity index is 513. The first-order valence-electron chi connectivity index (χ1n) is 4.26. The first-order valence-corrected chi connectivity index (χ1v) is 4.26. The molecule has 0 unspecified atom stereocenters. The molecule has 0 aliphatic carbocycles. The molecule has 0 aliphatic heterocycles. The number of hydrogen-bond acceptors (Lipinski definition) is 5. The lowest BCUT2D eigenvalue weighted by Crippen LogP contribution is -2.06. The number of carboxylic acids is 1. The minimum atomic E-state index is -1.05. The molecule has 8 heteroatoms. The Kier molecular flexibility index (Phi) is 2.54. The largest absolute Gasteiger partial charge is 0.481 e. The Morgan fingerprint density at radius 3 is 2.94 bits per heavy atom. The van der Waals surface area contributed by atoms with E-state index < -0.39 is 11.8 Å². The number of hydrogen-bond donors (Lipinski definition) is 1. The summed E-state index contributed by atoms with van der Waals surface area (Å²) in [6, 6.07) is 1.10. The summed E-state index contributed by atoms with van der Waals surface area (Å²) in [7, 11) is 0. The van der Waals surface area contributed by atoms with Crippen molar-refractivity contribution in [3.05, 3.63) is 30.0 Å². The Morgan fingerprint density at radius 2 is 2.38 bits per heavy atom. The Hall–Kier alpha value is -2.38. The number of carbonyl (C=O) groups is 1. The van der Waals surface area contributed by atoms with Crippen LogP contribution in [0.5, 0.6) is 0 Å². The van der Waals surface area contributed by atoms with Crippen LogP contribution in [0.2, 0.25) is 0 Å². The lowest BCUT2D eigenvalue weighted by Gasteiger charge is -2.02. The van der Waals surface area contributed by atoms with Gasteiger partial charge in [0.25, 0.3) is 0 Å². The zero-order valence-electron chi connectivity index (χ0n) is 7.91. The fourth-order valence-corrected chi connectivity index (χ4v) is 1.17. The summed E-state index contributed by atoms with van der Waals surface area (Å²) in [4.78, 5) is 14.2. The normalized spacial score (nSPS) is 10.3. The number of rotatable bonds is 3. The number of aliphatic carboxylic acids is 1. The number of halogens is 1. The zero-order valence-corrected chi connectivity index (χ0v) is 7.91. The summed E-state index contributed by atoms with van der Waals surface area (Å²) >= 11 is 0. The highest BCUT2D eigenvalue weighted by atomic mass is 19.1. The summed E-state index contributed by atoms with van der Waals surface area (Å²) in [5, 5.41) is 18.7. The van der Waals surface area contributed by atoms with Gasteiger partial charge in [0.05, 0.1) is 6.42 Å². The lowest BCUT2D eigenvalue weighted by molar-refractivity contribution is -0.136. The summed E-state index contributed by atoms with van der Waals surface area (Å²) in [5.74, 6) is -1.79. The summed E-state index contributed by atoms with van der Waals surface area (Å²) < 4.78 is 14.5. The van der Waals surface area contributed by atoms with Crippen LogP contribution in [0.4, 0.5) is 4.39 Å². The molecule has 2 aromatic heterocycles. The second-order valence-electron chi connectivity index (χ2n) is 2.97. The van der Waals surface area contributed by atoms with Gasteiger partial charge >= 0.3 is 5.97 Å². The molecule has 0 amide bonds. The van der Waals surface area contributed by atoms with E-state index in [2.05, 4.69) is 20.5 Å². The third kappa shape index (κ3) is 2.00. The number of tetrazole rings is 1. The smallest absolute Gasteiger partial charge is 0.307 e. The van der Waals surface area contributed by atoms with Crippen molar-refractivity contribution < 1.29 is 14.3 Å². The molecule has 7 nitrogen and oxygen atoms in total. The van der Waals surface area contributed by atoms with E-state index in [1.807, 2.05) is 0 Å². The molecule has 0 aromatic carbocycles. The molecule has 16 heavy (non-hydrogen) atoms. The Labute approximate surface area is 88.5 Å². The van der Waals surface area contributed by atoms with Crippen LogP contribution in [-0.2, 0) is 11.2 Å². The van der Waals surface area contributed by atoms with Crippen LogP contribution in [0, 0.1) is 5.82 Å². The molecule has 0 bridgehead atoms. The number of carboxylic acid groups (broad SMARTS) is 1. The van der Waals surface area contributed by atoms with Gasteiger partial charge in [-0.15, -0.1) is 5.10 Å². The molecule has 82 valence electrons. The molecular formula is C8H6FN5O2. The van der Waals surface area contributed by atoms with E-state index in [1.54, 1.807) is 0 Å². The van der Waals surface area contributed by atoms with Crippen LogP contribution in [0.1, 0.15) is 5.56 Å². The van der Waals surface area contributed by atoms with Gasteiger partial charge in [-0.05, 0) is 22.1 Å². The SMILES string of the molecule is O=C(O)Cc1cnc(-n2cnnn2)c(F)c1. The van der Waals surface area contributed by atoms with Gasteiger partial charge in [-0.3, -0.25) is 4.79 Å². The van der Waals surface area contributed by atoms with Crippen LogP contribution < -0.4 is 0 Å². The zero-order chi connectivity index (χ0) is 11.5. The highest BCUT2D eigenvalue weighted by Crippen LogP contribution is 2.10. The maximum absolute atomic E-state index is 13.5. The quantitative estimate of drug-likeness (QED) is 0.775. The summed E-state index contributed by atoms with van der Waals surface area (Å²) in [6.07, 6.45) is 2.19. The van der Waals surface area contributed by atoms with Gasteiger partial charge in [0.15, 0.2) is 11.6 Å². The third-order valence-electron chi connectivity index (χ3n) is 1.80. The summed E-state index contributed by atoms with van der Waals surface area (Å²) in [5.41, 5.74) is 0.279. The van der Waals surface area contributed by atoms with Crippen LogP contribution >= 0.6 is 0 Å². The van der Waals surface area contributed by atoms with Crippen LogP contribution in [0.25, 0.3) is 5.82 Å². The maximum atomic E-state index is 13.5. The highest BCUT2D eigenvalue weighted by Gasteiger charge is 2.10. The minimum Gasteiger partial charge on any atom is -0.481 e. The second kappa shape index (κ2) is 4.01. The lowest BCUT2D eigenvalue weighted by atomic mass is 10.2. The van der Waals surface area contributed by atoms with E-state index in [-0.39, 0.29) is 17.8 Å². The van der Waals surface area contributed by atoms with Crippen molar-refractivity contribution in [2.45, 2.75) is 6.42 Å². The van der Waals surface area contributed by atoms with Crippen molar-refractivity contribution in [1.29, 1.82) is 0 Å². The molecule has 1 N–H and O–H groups in total. The van der Waals surface area contributed by atoms with Gasteiger partial charge < -0.3 is 5.11 Å². The van der Waals surface area contributed by atoms with Crippen molar-refractivity contribution in [2.24, 2.45) is 0 Å². The van der Waals surface area contributed by atoms with Crippen molar-refractivity contribution >= 4 is 5.97 Å². The fourth-order valence-electron chi connectivity index (χ4n) is 1.17. The first kappa shape index (κ1) is 10.1. The molecule has 0 saturated heterocycles. The van der Waals surface area contributed by atoms with Crippen molar-refractivity contribution in [3.8, 4) is 5.82 Å². The first-order chi connectivity index (χ1) is 7.66. The van der Waals surface area contributed by atoms with Gasteiger partial charge in [0, 0.05) is 6.20 Å². The van der Waals surface area contributed by atoms with Gasteiger partial charge in [-0.2, -0.15) is 4.68 Å². The van der Waals surface area contributed by atoms with Crippen molar-refractivity contribution in [2.75, 3.05) is 0 Å². The number of aromatic nitrogens is 5. The van der Waals surface area contributed by atoms with Crippen molar-refractivity contribution in [1.82, 2.24) is 25.2 Å². The molecule has 0 radical (unpaired) electrons. The van der Waals surface area contributed by atoms with E-state index in [0.29, 0.717) is 0 Å². The van der Waals surface area contributed by atoms with E-state index in [4.69, 9.17) is 5.11 Å². The molecule has 2 heterocycles. The summed E-state index contributed by atoms with van der Waals surface area (Å²) in [6.45, 7) is 0. The topological polar surface area (TPSA) is 93.8 Å². The molecule has 2 rings (SSSR count). The van der Waals surface area contributed by atoms with Crippen LogP contribution in [0.15, 0.2) is 18.6 Å². The molecule has 0 fully saturated rings. The van der Waals surface area contributed by atoms with Crippen LogP contribution in [0.3, 0.4) is 0 Å². The number of pyridine rings is 1. The molecule has 2 aromatic rings. The van der Waals surface area contributed by atoms with Gasteiger partial charge in [-0.1, -0.05) is 0 Å². The predicted molar refractivity (Wildman–Crippen MR) is 48.2 cm³/mol. The van der Waals surface area contributed by atoms with Gasteiger partial charge in [-0.25, -0.2) is 9.37 Å². The van der Waals surface area contributed by atoms with E-state index in [9.17, 15) is 9.18 Å². The standard InChI is InChI=1S/C8H6FN5O2/c9-6-1-5(2-7(15)16)3-10-8(6)14-4-11-12-13-14/h1,3-4H,2H2,(H,15,16). The average molecular weight is 223 g/mol. The third-order valence-corrected chi connectivity index (χ3v) is 1.80. The molecule has 0 aliphatic rings. The fraction of sp³-hybridized carbons (Fsp3) is 0.125. The maximum Gasteiger partial charge on any atom is 0.307 e. The van der Waals surface area contributed by atoms with Crippen molar-refractivity contribution in [3.63, 3.8) is 0 Å². The van der Waals surface area contributed by atoms with E-state index in [1.165, 1.54) is 12.5 Å². The molecule has 0 saturated carbocycles. The van der Waals surface area contributed by atoms with Gasteiger partial charge in [0.1, 0.15) is 6.33 Å². The minimum absolute atomic E-state index is 0.0702. The number of nitrogens with zero attached hydrogens (tertiary/aromatic N) is 5. The second-order valence-corrected chi connectivity index (χ2v) is 2.97. The molecule has 0 spiro atoms. The average Bonchev–Trinajstić information content (AvgIpc) is 2.69. The van der Waals surface area contributed by atoms with Gasteiger partial charge in [0.2, 0.25) is 0 Å².